The summed E-state index contributed by atoms with van der Waals surface area (Å²) in [5.41, 5.74) is -0.904. The lowest BCUT2D eigenvalue weighted by Crippen LogP contribution is -2.49. The minimum absolute atomic E-state index is 0.0510. The first-order chi connectivity index (χ1) is 12.5. The van der Waals surface area contributed by atoms with Gasteiger partial charge in [-0.1, -0.05) is 0 Å². The van der Waals surface area contributed by atoms with E-state index in [9.17, 15) is 28.1 Å². The van der Waals surface area contributed by atoms with Crippen molar-refractivity contribution in [2.24, 2.45) is 0 Å². The van der Waals surface area contributed by atoms with E-state index in [1.165, 1.54) is 0 Å². The van der Waals surface area contributed by atoms with Gasteiger partial charge in [0.1, 0.15) is 4.90 Å². The van der Waals surface area contributed by atoms with E-state index < -0.39 is 37.9 Å². The molecule has 1 heterocycles. The molecule has 1 amide bonds. The van der Waals surface area contributed by atoms with Crippen LogP contribution in [0.15, 0.2) is 23.1 Å². The third-order valence-electron chi connectivity index (χ3n) is 4.60. The second kappa shape index (κ2) is 8.03. The summed E-state index contributed by atoms with van der Waals surface area (Å²) in [6.07, 6.45) is 3.63. The minimum Gasteiger partial charge on any atom is -0.452 e. The Hall–Kier alpha value is -2.49. The van der Waals surface area contributed by atoms with Crippen molar-refractivity contribution in [3.63, 3.8) is 0 Å². The quantitative estimate of drug-likeness (QED) is 0.422. The summed E-state index contributed by atoms with van der Waals surface area (Å²) in [5, 5.41) is 11.1. The molecule has 27 heavy (non-hydrogen) atoms. The average molecular weight is 398 g/mol. The van der Waals surface area contributed by atoms with E-state index in [0.717, 1.165) is 43.7 Å². The fourth-order valence-corrected chi connectivity index (χ4v) is 4.13. The SMILES string of the molecule is C[C@H]1CCC[C@H](C)N1C(=O)COC(=O)c1ccc(S(C)(=O)=O)c([N+](=O)[O-])c1. The van der Waals surface area contributed by atoms with Crippen LogP contribution in [0.5, 0.6) is 0 Å². The first kappa shape index (κ1) is 20.8. The smallest absolute Gasteiger partial charge is 0.338 e. The molecule has 1 aliphatic heterocycles. The van der Waals surface area contributed by atoms with Crippen LogP contribution in [-0.2, 0) is 19.4 Å². The van der Waals surface area contributed by atoms with Gasteiger partial charge in [-0.05, 0) is 45.2 Å². The number of ether oxygens (including phenoxy) is 1. The maximum atomic E-state index is 12.4. The number of nitro groups is 1. The Morgan fingerprint density at radius 2 is 1.85 bits per heavy atom. The predicted octanol–water partition coefficient (Wildman–Crippen LogP) is 1.94. The van der Waals surface area contributed by atoms with Gasteiger partial charge in [0.15, 0.2) is 16.4 Å². The van der Waals surface area contributed by atoms with Crippen LogP contribution in [0.1, 0.15) is 43.5 Å². The zero-order chi connectivity index (χ0) is 20.4. The van der Waals surface area contributed by atoms with Crippen molar-refractivity contribution in [3.05, 3.63) is 33.9 Å². The lowest BCUT2D eigenvalue weighted by Gasteiger charge is -2.38. The molecule has 0 N–H and O–H groups in total. The average Bonchev–Trinajstić information content (AvgIpc) is 2.58. The zero-order valence-electron chi connectivity index (χ0n) is 15.4. The summed E-state index contributed by atoms with van der Waals surface area (Å²) in [6.45, 7) is 3.39. The molecule has 1 saturated heterocycles. The van der Waals surface area contributed by atoms with Gasteiger partial charge in [-0.25, -0.2) is 13.2 Å². The number of amides is 1. The Bertz CT molecular complexity index is 856. The number of esters is 1. The van der Waals surface area contributed by atoms with Gasteiger partial charge in [-0.2, -0.15) is 0 Å². The highest BCUT2D eigenvalue weighted by atomic mass is 32.2. The fraction of sp³-hybridized carbons (Fsp3) is 0.529. The van der Waals surface area contributed by atoms with Crippen LogP contribution in [0.3, 0.4) is 0 Å². The van der Waals surface area contributed by atoms with Gasteiger partial charge in [0.2, 0.25) is 0 Å². The number of hydrogen-bond donors (Lipinski definition) is 0. The van der Waals surface area contributed by atoms with Gasteiger partial charge in [-0.3, -0.25) is 14.9 Å². The van der Waals surface area contributed by atoms with Crippen LogP contribution in [-0.4, -0.2) is 55.1 Å². The van der Waals surface area contributed by atoms with Crippen LogP contribution in [0.4, 0.5) is 5.69 Å². The van der Waals surface area contributed by atoms with Gasteiger partial charge >= 0.3 is 5.97 Å². The molecule has 148 valence electrons. The minimum atomic E-state index is -3.83. The molecule has 0 saturated carbocycles. The molecular weight excluding hydrogens is 376 g/mol. The Labute approximate surface area is 157 Å². The fourth-order valence-electron chi connectivity index (χ4n) is 3.30. The highest BCUT2D eigenvalue weighted by molar-refractivity contribution is 7.90. The molecule has 1 aromatic rings. The Morgan fingerprint density at radius 1 is 1.26 bits per heavy atom. The lowest BCUT2D eigenvalue weighted by atomic mass is 9.97. The summed E-state index contributed by atoms with van der Waals surface area (Å²) < 4.78 is 28.2. The molecule has 1 fully saturated rings. The number of rotatable bonds is 5. The molecule has 0 aromatic heterocycles. The first-order valence-electron chi connectivity index (χ1n) is 8.49. The molecular formula is C17H22N2O7S. The monoisotopic (exact) mass is 398 g/mol. The van der Waals surface area contributed by atoms with Gasteiger partial charge < -0.3 is 9.64 Å². The standard InChI is InChI=1S/C17H22N2O7S/c1-11-5-4-6-12(2)18(11)16(20)10-26-17(21)13-7-8-15(27(3,24)25)14(9-13)19(22)23/h7-9,11-12H,4-6,10H2,1-3H3/t11-,12-/m0/s1. The second-order valence-corrected chi connectivity index (χ2v) is 8.70. The molecule has 2 rings (SSSR count). The van der Waals surface area contributed by atoms with E-state index in [4.69, 9.17) is 4.74 Å². The van der Waals surface area contributed by atoms with E-state index in [1.807, 2.05) is 13.8 Å². The first-order valence-corrected chi connectivity index (χ1v) is 10.4. The number of hydrogen-bond acceptors (Lipinski definition) is 7. The third-order valence-corrected chi connectivity index (χ3v) is 5.74. The molecule has 0 radical (unpaired) electrons. The second-order valence-electron chi connectivity index (χ2n) is 6.72. The maximum absolute atomic E-state index is 12.4. The summed E-state index contributed by atoms with van der Waals surface area (Å²) in [5.74, 6) is -1.26. The van der Waals surface area contributed by atoms with Crippen LogP contribution in [0, 0.1) is 10.1 Å². The van der Waals surface area contributed by atoms with Crippen LogP contribution >= 0.6 is 0 Å². The zero-order valence-corrected chi connectivity index (χ0v) is 16.2. The van der Waals surface area contributed by atoms with Crippen molar-refractivity contribution >= 4 is 27.4 Å². The highest BCUT2D eigenvalue weighted by Gasteiger charge is 2.30. The van der Waals surface area contributed by atoms with Gasteiger partial charge in [0, 0.05) is 24.4 Å². The predicted molar refractivity (Wildman–Crippen MR) is 96.1 cm³/mol. The number of sulfone groups is 1. The van der Waals surface area contributed by atoms with E-state index in [-0.39, 0.29) is 23.6 Å². The van der Waals surface area contributed by atoms with Crippen molar-refractivity contribution in [3.8, 4) is 0 Å². The molecule has 0 spiro atoms. The summed E-state index contributed by atoms with van der Waals surface area (Å²) in [7, 11) is -3.83. The number of likely N-dealkylation sites (tertiary alicyclic amines) is 1. The van der Waals surface area contributed by atoms with E-state index in [2.05, 4.69) is 0 Å². The summed E-state index contributed by atoms with van der Waals surface area (Å²) in [4.78, 5) is 36.0. The number of carbonyl (C=O) groups excluding carboxylic acids is 2. The van der Waals surface area contributed by atoms with Gasteiger partial charge in [0.05, 0.1) is 10.5 Å². The largest absolute Gasteiger partial charge is 0.452 e. The topological polar surface area (TPSA) is 124 Å². The number of piperidine rings is 1. The van der Waals surface area contributed by atoms with Crippen molar-refractivity contribution < 1.29 is 27.7 Å². The lowest BCUT2D eigenvalue weighted by molar-refractivity contribution is -0.387. The number of carbonyl (C=O) groups is 2. The molecule has 0 aliphatic carbocycles. The van der Waals surface area contributed by atoms with E-state index >= 15 is 0 Å². The normalized spacial score (nSPS) is 20.2. The maximum Gasteiger partial charge on any atom is 0.338 e. The Morgan fingerprint density at radius 3 is 2.37 bits per heavy atom. The van der Waals surface area contributed by atoms with Crippen LogP contribution in [0.2, 0.25) is 0 Å². The molecule has 0 unspecified atom stereocenters. The number of nitro benzene ring substituents is 1. The molecule has 9 nitrogen and oxygen atoms in total. The van der Waals surface area contributed by atoms with Crippen molar-refractivity contribution in [1.29, 1.82) is 0 Å². The highest BCUT2D eigenvalue weighted by Crippen LogP contribution is 2.26. The number of benzene rings is 1. The van der Waals surface area contributed by atoms with Crippen LogP contribution < -0.4 is 0 Å². The summed E-state index contributed by atoms with van der Waals surface area (Å²) in [6, 6.07) is 3.06. The third kappa shape index (κ3) is 4.82. The van der Waals surface area contributed by atoms with Crippen LogP contribution in [0.25, 0.3) is 0 Å². The van der Waals surface area contributed by atoms with Gasteiger partial charge in [-0.15, -0.1) is 0 Å². The van der Waals surface area contributed by atoms with E-state index in [0.29, 0.717) is 0 Å². The summed E-state index contributed by atoms with van der Waals surface area (Å²) >= 11 is 0. The van der Waals surface area contributed by atoms with Gasteiger partial charge in [0.25, 0.3) is 11.6 Å². The Balaban J connectivity index is 2.13. The van der Waals surface area contributed by atoms with Crippen molar-refractivity contribution in [1.82, 2.24) is 4.90 Å². The van der Waals surface area contributed by atoms with E-state index in [1.54, 1.807) is 4.90 Å². The molecule has 1 aliphatic rings. The molecule has 1 aromatic carbocycles. The Kier molecular flexibility index (Phi) is 6.19. The van der Waals surface area contributed by atoms with Crippen molar-refractivity contribution in [2.45, 2.75) is 50.1 Å². The van der Waals surface area contributed by atoms with Crippen molar-refractivity contribution in [2.75, 3.05) is 12.9 Å². The molecule has 0 bridgehead atoms. The molecule has 2 atom stereocenters. The molecule has 10 heteroatoms. The number of nitrogens with zero attached hydrogens (tertiary/aromatic N) is 2.